The molecule has 2 bridgehead atoms. The summed E-state index contributed by atoms with van der Waals surface area (Å²) in [4.78, 5) is 12.3. The van der Waals surface area contributed by atoms with Crippen LogP contribution in [0.4, 0.5) is 0 Å². The lowest BCUT2D eigenvalue weighted by molar-refractivity contribution is 0.0945. The molecule has 3 nitrogen and oxygen atoms in total. The Labute approximate surface area is 124 Å². The van der Waals surface area contributed by atoms with E-state index in [0.29, 0.717) is 11.8 Å². The fourth-order valence-electron chi connectivity index (χ4n) is 3.88. The summed E-state index contributed by atoms with van der Waals surface area (Å²) in [7, 11) is 2.02. The fraction of sp³-hybridized carbons (Fsp3) is 0.389. The first-order chi connectivity index (χ1) is 10.2. The van der Waals surface area contributed by atoms with Crippen LogP contribution in [0.2, 0.25) is 0 Å². The van der Waals surface area contributed by atoms with Gasteiger partial charge in [0.15, 0.2) is 0 Å². The van der Waals surface area contributed by atoms with E-state index in [0.717, 1.165) is 28.9 Å². The standard InChI is InChI=1S/C18H20N2O/c1-20-7-6-14-10-15(4-5-17(14)20)18(21)19-11-16-9-12-2-3-13(16)8-12/h2-7,10,12-13,16H,8-9,11H2,1H3,(H,19,21)/t12-,13-,16+/m0/s1. The zero-order chi connectivity index (χ0) is 14.4. The average molecular weight is 280 g/mol. The second-order valence-electron chi connectivity index (χ2n) is 6.45. The van der Waals surface area contributed by atoms with Crippen molar-refractivity contribution in [3.63, 3.8) is 0 Å². The van der Waals surface area contributed by atoms with Crippen molar-refractivity contribution < 1.29 is 4.79 Å². The molecule has 4 rings (SSSR count). The molecule has 2 aliphatic rings. The number of carbonyl (C=O) groups is 1. The Kier molecular flexibility index (Phi) is 2.88. The molecular formula is C18H20N2O. The first kappa shape index (κ1) is 12.7. The van der Waals surface area contributed by atoms with Gasteiger partial charge in [-0.1, -0.05) is 12.2 Å². The molecule has 2 aliphatic carbocycles. The van der Waals surface area contributed by atoms with Crippen molar-refractivity contribution in [2.75, 3.05) is 6.54 Å². The summed E-state index contributed by atoms with van der Waals surface area (Å²) in [6.45, 7) is 0.803. The summed E-state index contributed by atoms with van der Waals surface area (Å²) >= 11 is 0. The Hall–Kier alpha value is -2.03. The molecule has 0 spiro atoms. The van der Waals surface area contributed by atoms with Gasteiger partial charge in [-0.05, 0) is 54.9 Å². The van der Waals surface area contributed by atoms with E-state index in [2.05, 4.69) is 22.0 Å². The summed E-state index contributed by atoms with van der Waals surface area (Å²) in [6.07, 6.45) is 9.22. The number of fused-ring (bicyclic) bond motifs is 3. The normalized spacial score (nSPS) is 26.6. The van der Waals surface area contributed by atoms with Crippen LogP contribution in [0.25, 0.3) is 10.9 Å². The van der Waals surface area contributed by atoms with Crippen LogP contribution in [0.1, 0.15) is 23.2 Å². The number of rotatable bonds is 3. The Morgan fingerprint density at radius 3 is 2.95 bits per heavy atom. The maximum Gasteiger partial charge on any atom is 0.251 e. The number of hydrogen-bond donors (Lipinski definition) is 1. The van der Waals surface area contributed by atoms with Crippen molar-refractivity contribution in [1.29, 1.82) is 0 Å². The van der Waals surface area contributed by atoms with Crippen LogP contribution in [0.3, 0.4) is 0 Å². The van der Waals surface area contributed by atoms with Gasteiger partial charge < -0.3 is 9.88 Å². The van der Waals surface area contributed by atoms with E-state index in [4.69, 9.17) is 0 Å². The van der Waals surface area contributed by atoms with Gasteiger partial charge in [0, 0.05) is 36.3 Å². The Morgan fingerprint density at radius 2 is 2.19 bits per heavy atom. The zero-order valence-electron chi connectivity index (χ0n) is 12.3. The first-order valence-electron chi connectivity index (χ1n) is 7.72. The van der Waals surface area contributed by atoms with Gasteiger partial charge in [-0.15, -0.1) is 0 Å². The molecule has 3 atom stereocenters. The number of nitrogens with one attached hydrogen (secondary N) is 1. The van der Waals surface area contributed by atoms with Crippen molar-refractivity contribution in [1.82, 2.24) is 9.88 Å². The van der Waals surface area contributed by atoms with E-state index in [1.807, 2.05) is 37.5 Å². The second-order valence-corrected chi connectivity index (χ2v) is 6.45. The van der Waals surface area contributed by atoms with Gasteiger partial charge in [-0.25, -0.2) is 0 Å². The smallest absolute Gasteiger partial charge is 0.251 e. The van der Waals surface area contributed by atoms with Crippen LogP contribution in [-0.4, -0.2) is 17.0 Å². The van der Waals surface area contributed by atoms with E-state index in [9.17, 15) is 4.79 Å². The number of nitrogens with zero attached hydrogens (tertiary/aromatic N) is 1. The van der Waals surface area contributed by atoms with Crippen LogP contribution in [-0.2, 0) is 7.05 Å². The predicted octanol–water partition coefficient (Wildman–Crippen LogP) is 3.12. The number of carbonyl (C=O) groups excluding carboxylic acids is 1. The van der Waals surface area contributed by atoms with Crippen molar-refractivity contribution in [3.05, 3.63) is 48.2 Å². The molecule has 1 N–H and O–H groups in total. The highest BCUT2D eigenvalue weighted by molar-refractivity contribution is 5.98. The van der Waals surface area contributed by atoms with Gasteiger partial charge in [0.1, 0.15) is 0 Å². The van der Waals surface area contributed by atoms with Gasteiger partial charge in [0.05, 0.1) is 0 Å². The Bertz CT molecular complexity index is 728. The molecule has 0 unspecified atom stereocenters. The SMILES string of the molecule is Cn1ccc2cc(C(=O)NC[C@H]3C[C@H]4C=C[C@H]3C4)ccc21. The molecule has 1 amide bonds. The summed E-state index contributed by atoms with van der Waals surface area (Å²) in [5.74, 6) is 2.13. The van der Waals surface area contributed by atoms with E-state index < -0.39 is 0 Å². The summed E-state index contributed by atoms with van der Waals surface area (Å²) in [6, 6.07) is 7.96. The minimum atomic E-state index is 0.0486. The molecule has 0 saturated heterocycles. The molecule has 21 heavy (non-hydrogen) atoms. The maximum absolute atomic E-state index is 12.3. The third-order valence-electron chi connectivity index (χ3n) is 5.09. The number of amides is 1. The van der Waals surface area contributed by atoms with E-state index in [1.165, 1.54) is 12.8 Å². The lowest BCUT2D eigenvalue weighted by atomic mass is 9.93. The average Bonchev–Trinajstić information content (AvgIpc) is 3.20. The number of hydrogen-bond acceptors (Lipinski definition) is 1. The number of benzene rings is 1. The first-order valence-corrected chi connectivity index (χ1v) is 7.72. The predicted molar refractivity (Wildman–Crippen MR) is 84.1 cm³/mol. The van der Waals surface area contributed by atoms with Crippen molar-refractivity contribution in [3.8, 4) is 0 Å². The number of allylic oxidation sites excluding steroid dienone is 2. The molecule has 0 radical (unpaired) electrons. The second kappa shape index (κ2) is 4.76. The molecule has 2 aromatic rings. The molecule has 108 valence electrons. The Morgan fingerprint density at radius 1 is 1.29 bits per heavy atom. The van der Waals surface area contributed by atoms with Crippen LogP contribution >= 0.6 is 0 Å². The van der Waals surface area contributed by atoms with Crippen molar-refractivity contribution in [2.45, 2.75) is 12.8 Å². The zero-order valence-corrected chi connectivity index (χ0v) is 12.3. The summed E-state index contributed by atoms with van der Waals surface area (Å²) in [5, 5.41) is 4.24. The van der Waals surface area contributed by atoms with Gasteiger partial charge in [-0.2, -0.15) is 0 Å². The van der Waals surface area contributed by atoms with Crippen molar-refractivity contribution in [2.24, 2.45) is 24.8 Å². The topological polar surface area (TPSA) is 34.0 Å². The summed E-state index contributed by atoms with van der Waals surface area (Å²) in [5.41, 5.74) is 1.91. The van der Waals surface area contributed by atoms with Crippen LogP contribution in [0.15, 0.2) is 42.6 Å². The lowest BCUT2D eigenvalue weighted by Gasteiger charge is -2.18. The lowest BCUT2D eigenvalue weighted by Crippen LogP contribution is -2.30. The third-order valence-corrected chi connectivity index (χ3v) is 5.09. The van der Waals surface area contributed by atoms with Gasteiger partial charge in [0.2, 0.25) is 0 Å². The van der Waals surface area contributed by atoms with E-state index in [1.54, 1.807) is 0 Å². The molecule has 3 heteroatoms. The van der Waals surface area contributed by atoms with Gasteiger partial charge in [-0.3, -0.25) is 4.79 Å². The number of aromatic nitrogens is 1. The van der Waals surface area contributed by atoms with E-state index in [-0.39, 0.29) is 5.91 Å². The molecule has 1 saturated carbocycles. The molecule has 0 aliphatic heterocycles. The Balaban J connectivity index is 1.45. The van der Waals surface area contributed by atoms with Crippen LogP contribution in [0, 0.1) is 17.8 Å². The minimum Gasteiger partial charge on any atom is -0.352 e. The summed E-state index contributed by atoms with van der Waals surface area (Å²) < 4.78 is 2.07. The largest absolute Gasteiger partial charge is 0.352 e. The molecule has 1 aromatic carbocycles. The maximum atomic E-state index is 12.3. The monoisotopic (exact) mass is 280 g/mol. The van der Waals surface area contributed by atoms with Crippen LogP contribution in [0.5, 0.6) is 0 Å². The molecule has 1 aromatic heterocycles. The fourth-order valence-corrected chi connectivity index (χ4v) is 3.88. The van der Waals surface area contributed by atoms with E-state index >= 15 is 0 Å². The van der Waals surface area contributed by atoms with Crippen LogP contribution < -0.4 is 5.32 Å². The highest BCUT2D eigenvalue weighted by Gasteiger charge is 2.35. The molecule has 1 fully saturated rings. The molecule has 1 heterocycles. The minimum absolute atomic E-state index is 0.0486. The highest BCUT2D eigenvalue weighted by Crippen LogP contribution is 2.42. The number of aryl methyl sites for hydroxylation is 1. The molecular weight excluding hydrogens is 260 g/mol. The van der Waals surface area contributed by atoms with Gasteiger partial charge >= 0.3 is 0 Å². The quantitative estimate of drug-likeness (QED) is 0.861. The van der Waals surface area contributed by atoms with Crippen molar-refractivity contribution >= 4 is 16.8 Å². The third kappa shape index (κ3) is 2.17. The van der Waals surface area contributed by atoms with Gasteiger partial charge in [0.25, 0.3) is 5.91 Å². The highest BCUT2D eigenvalue weighted by atomic mass is 16.1.